The number of hydrogen-bond acceptors (Lipinski definition) is 16. The summed E-state index contributed by atoms with van der Waals surface area (Å²) in [4.78, 5) is 50.1. The van der Waals surface area contributed by atoms with Gasteiger partial charge in [0.2, 0.25) is 0 Å². The van der Waals surface area contributed by atoms with Gasteiger partial charge in [-0.25, -0.2) is 0 Å². The Morgan fingerprint density at radius 2 is 0.670 bits per heavy atom. The Morgan fingerprint density at radius 1 is 0.383 bits per heavy atom. The summed E-state index contributed by atoms with van der Waals surface area (Å²) >= 11 is 0. The standard InChI is InChI=1S/C20H32O4.C20H34O4.2C19H32O4/c1-3-16-18-12-9-14(19(18)17(4-2)24-16)15(10-12)20(21)23-11-22-13-7-5-6-8-13;1-6-15-17-12-8-13(18(17)16(7-2)24-15)14(9-12)19(21)23-11-22-10-20(3,4)5;1-6-14-16-11-8-12(17(16)15(7-2)23-14)13(9-11)18(20)21-10-22-19(3,4)5;1-5-15-17-12-7-13(18(17)16(6-2)23-15)14(8-12)19(20)22-10-21-9-11(3)4/h12-19H,3-11H2,1-2H3;12-18H,6-11H2,1-5H3;11-17H,6-10H2,1-5H3;11-18H,5-10H2,1-4H3. The fourth-order valence-corrected chi connectivity index (χ4v) is 22.5. The van der Waals surface area contributed by atoms with E-state index < -0.39 is 0 Å². The first-order valence-corrected chi connectivity index (χ1v) is 38.7. The van der Waals surface area contributed by atoms with E-state index in [0.29, 0.717) is 169 Å². The van der Waals surface area contributed by atoms with Gasteiger partial charge in [-0.1, -0.05) is 103 Å². The number of fused-ring (bicyclic) bond motifs is 20. The van der Waals surface area contributed by atoms with Gasteiger partial charge in [0.05, 0.1) is 97.4 Å². The minimum atomic E-state index is -0.277. The van der Waals surface area contributed by atoms with E-state index in [-0.39, 0.29) is 85.7 Å². The highest BCUT2D eigenvalue weighted by molar-refractivity contribution is 5.75. The Morgan fingerprint density at radius 3 is 0.957 bits per heavy atom. The molecular formula is C78H130O16. The number of esters is 4. The molecule has 538 valence electrons. The summed E-state index contributed by atoms with van der Waals surface area (Å²) in [6.07, 6.45) is 25.4. The SMILES string of the molecule is CCC1OC(CC)C2C3CC(CC3C(=O)OCOC(C)(C)C)C12.CCC1OC(CC)C2C3CC(CC3C(=O)OCOC3CCCC3)C12.CCC1OC(CC)C2C3CC(CC3C(=O)OCOCC(C)(C)C)C12.CCC1OC(CC)C2C3CC(CC3C(=O)OCOCC(C)C)C12. The predicted molar refractivity (Wildman–Crippen MR) is 358 cm³/mol. The van der Waals surface area contributed by atoms with Gasteiger partial charge in [-0.2, -0.15) is 0 Å². The van der Waals surface area contributed by atoms with Gasteiger partial charge >= 0.3 is 23.9 Å². The normalized spacial score (nSPS) is 42.1. The highest BCUT2D eigenvalue weighted by atomic mass is 16.7. The van der Waals surface area contributed by atoms with Crippen LogP contribution in [0.2, 0.25) is 0 Å². The van der Waals surface area contributed by atoms with Crippen molar-refractivity contribution < 1.29 is 76.0 Å². The van der Waals surface area contributed by atoms with Crippen LogP contribution in [-0.4, -0.2) is 125 Å². The van der Waals surface area contributed by atoms with E-state index in [9.17, 15) is 19.2 Å². The second kappa shape index (κ2) is 32.5. The molecule has 0 radical (unpaired) electrons. The number of hydrogen-bond donors (Lipinski definition) is 0. The highest BCUT2D eigenvalue weighted by Crippen LogP contribution is 2.66. The lowest BCUT2D eigenvalue weighted by Gasteiger charge is -2.32. The van der Waals surface area contributed by atoms with E-state index in [4.69, 9.17) is 56.8 Å². The van der Waals surface area contributed by atoms with Crippen molar-refractivity contribution in [2.45, 2.75) is 300 Å². The van der Waals surface area contributed by atoms with Crippen LogP contribution in [0, 0.1) is 130 Å². The van der Waals surface area contributed by atoms with Crippen LogP contribution in [0.15, 0.2) is 0 Å². The van der Waals surface area contributed by atoms with Gasteiger partial charge in [0, 0.05) is 0 Å². The highest BCUT2D eigenvalue weighted by Gasteiger charge is 2.66. The molecule has 4 heterocycles. The molecule has 16 nitrogen and oxygen atoms in total. The van der Waals surface area contributed by atoms with Gasteiger partial charge in [0.25, 0.3) is 0 Å². The molecule has 4 saturated heterocycles. The summed E-state index contributed by atoms with van der Waals surface area (Å²) in [5.41, 5.74) is -0.183. The maximum atomic E-state index is 12.6. The lowest BCUT2D eigenvalue weighted by molar-refractivity contribution is -0.174. The molecule has 9 aliphatic carbocycles. The molecular weight excluding hydrogens is 1190 g/mol. The minimum absolute atomic E-state index is 0.0197. The van der Waals surface area contributed by atoms with Crippen molar-refractivity contribution in [2.75, 3.05) is 40.4 Å². The van der Waals surface area contributed by atoms with Crippen molar-refractivity contribution in [1.29, 1.82) is 0 Å². The van der Waals surface area contributed by atoms with Crippen LogP contribution in [0.3, 0.4) is 0 Å². The molecule has 94 heavy (non-hydrogen) atoms. The Labute approximate surface area is 567 Å². The third-order valence-corrected chi connectivity index (χ3v) is 25.8. The lowest BCUT2D eigenvalue weighted by atomic mass is 9.70. The van der Waals surface area contributed by atoms with E-state index in [0.717, 1.165) is 89.9 Å². The zero-order valence-corrected chi connectivity index (χ0v) is 61.2. The van der Waals surface area contributed by atoms with Crippen molar-refractivity contribution >= 4 is 23.9 Å². The molecule has 0 aromatic carbocycles. The summed E-state index contributed by atoms with van der Waals surface area (Å²) < 4.78 is 69.1. The Balaban J connectivity index is 0.000000137. The van der Waals surface area contributed by atoms with Crippen LogP contribution in [0.25, 0.3) is 0 Å². The van der Waals surface area contributed by atoms with E-state index in [1.54, 1.807) is 0 Å². The van der Waals surface area contributed by atoms with E-state index in [1.165, 1.54) is 38.5 Å². The van der Waals surface area contributed by atoms with Gasteiger partial charge in [-0.15, -0.1) is 0 Å². The summed E-state index contributed by atoms with van der Waals surface area (Å²) in [7, 11) is 0. The first-order chi connectivity index (χ1) is 45.0. The molecule has 28 atom stereocenters. The zero-order chi connectivity index (χ0) is 67.5. The second-order valence-electron chi connectivity index (χ2n) is 34.1. The van der Waals surface area contributed by atoms with Crippen LogP contribution >= 0.6 is 0 Å². The molecule has 9 saturated carbocycles. The fourth-order valence-electron chi connectivity index (χ4n) is 22.5. The topological polar surface area (TPSA) is 179 Å². The number of ether oxygens (including phenoxy) is 12. The molecule has 16 heteroatoms. The van der Waals surface area contributed by atoms with Crippen molar-refractivity contribution in [3.63, 3.8) is 0 Å². The molecule has 13 rings (SSSR count). The minimum Gasteiger partial charge on any atom is -0.438 e. The molecule has 8 bridgehead atoms. The molecule has 0 aromatic heterocycles. The van der Waals surface area contributed by atoms with Gasteiger partial charge < -0.3 is 56.8 Å². The van der Waals surface area contributed by atoms with Crippen LogP contribution < -0.4 is 0 Å². The largest absolute Gasteiger partial charge is 0.438 e. The molecule has 0 N–H and O–H groups in total. The maximum absolute atomic E-state index is 12.6. The lowest BCUT2D eigenvalue weighted by Crippen LogP contribution is -2.37. The number of rotatable bonds is 24. The first-order valence-electron chi connectivity index (χ1n) is 38.7. The zero-order valence-electron chi connectivity index (χ0n) is 61.2. The van der Waals surface area contributed by atoms with Gasteiger partial charge in [0.1, 0.15) is 0 Å². The van der Waals surface area contributed by atoms with Crippen LogP contribution in [0.1, 0.15) is 239 Å². The van der Waals surface area contributed by atoms with Crippen LogP contribution in [0.4, 0.5) is 0 Å². The van der Waals surface area contributed by atoms with Gasteiger partial charge in [-0.3, -0.25) is 19.2 Å². The third-order valence-electron chi connectivity index (χ3n) is 25.8. The maximum Gasteiger partial charge on any atom is 0.311 e. The molecule has 0 spiro atoms. The smallest absolute Gasteiger partial charge is 0.311 e. The fraction of sp³-hybridized carbons (Fsp3) is 0.949. The van der Waals surface area contributed by atoms with Crippen LogP contribution in [0.5, 0.6) is 0 Å². The predicted octanol–water partition coefficient (Wildman–Crippen LogP) is 15.4. The third kappa shape index (κ3) is 16.1. The average Bonchev–Trinajstić information content (AvgIpc) is 1.60. The van der Waals surface area contributed by atoms with E-state index in [2.05, 4.69) is 90.0 Å². The Hall–Kier alpha value is -2.44. The quantitative estimate of drug-likeness (QED) is 0.0385. The monoisotopic (exact) mass is 1320 g/mol. The van der Waals surface area contributed by atoms with Crippen LogP contribution in [-0.2, 0) is 76.0 Å². The number of carbonyl (C=O) groups excluding carboxylic acids is 4. The van der Waals surface area contributed by atoms with E-state index >= 15 is 0 Å². The molecule has 0 aromatic rings. The Kier molecular flexibility index (Phi) is 25.7. The summed E-state index contributed by atoms with van der Waals surface area (Å²) in [6, 6.07) is 0. The average molecular weight is 1320 g/mol. The Bertz CT molecular complexity index is 2430. The summed E-state index contributed by atoms with van der Waals surface area (Å²) in [5, 5.41) is 0. The van der Waals surface area contributed by atoms with Crippen molar-refractivity contribution in [1.82, 2.24) is 0 Å². The molecule has 0 amide bonds. The van der Waals surface area contributed by atoms with Crippen molar-refractivity contribution in [2.24, 2.45) is 130 Å². The number of carbonyl (C=O) groups is 4. The van der Waals surface area contributed by atoms with Crippen molar-refractivity contribution in [3.8, 4) is 0 Å². The molecule has 13 aliphatic rings. The van der Waals surface area contributed by atoms with E-state index in [1.807, 2.05) is 20.8 Å². The molecule has 4 aliphatic heterocycles. The molecule has 28 unspecified atom stereocenters. The first kappa shape index (κ1) is 74.3. The summed E-state index contributed by atoms with van der Waals surface area (Å²) in [5.74, 6) is 9.96. The second-order valence-corrected chi connectivity index (χ2v) is 34.1. The van der Waals surface area contributed by atoms with Gasteiger partial charge in [0.15, 0.2) is 27.2 Å². The molecule has 13 fully saturated rings. The van der Waals surface area contributed by atoms with Gasteiger partial charge in [-0.05, 0) is 242 Å². The van der Waals surface area contributed by atoms with Crippen molar-refractivity contribution in [3.05, 3.63) is 0 Å². The summed E-state index contributed by atoms with van der Waals surface area (Å²) in [6.45, 7) is 35.8.